The minimum Gasteiger partial charge on any atom is -0.356 e. The number of fused-ring (bicyclic) bond motifs is 1. The second-order valence-electron chi connectivity index (χ2n) is 6.71. The van der Waals surface area contributed by atoms with E-state index < -0.39 is 0 Å². The smallest absolute Gasteiger partial charge is 0.243 e. The first kappa shape index (κ1) is 18.3. The minimum absolute atomic E-state index is 0.00740. The number of likely N-dealkylation sites (N-methyl/N-ethyl adjacent to an activating group) is 1. The Morgan fingerprint density at radius 2 is 2.26 bits per heavy atom. The van der Waals surface area contributed by atoms with E-state index in [0.29, 0.717) is 6.54 Å². The number of nitrogens with zero attached hydrogens (tertiary/aromatic N) is 1. The summed E-state index contributed by atoms with van der Waals surface area (Å²) in [6.07, 6.45) is 7.12. The molecule has 0 spiro atoms. The van der Waals surface area contributed by atoms with E-state index in [1.807, 2.05) is 11.0 Å². The maximum atomic E-state index is 12.7. The van der Waals surface area contributed by atoms with Crippen LogP contribution in [0.4, 0.5) is 0 Å². The quantitative estimate of drug-likeness (QED) is 0.418. The maximum Gasteiger partial charge on any atom is 0.243 e. The number of hydrogen-bond donors (Lipinski definition) is 1. The van der Waals surface area contributed by atoms with E-state index in [9.17, 15) is 9.59 Å². The molecule has 3 atom stereocenters. The zero-order valence-electron chi connectivity index (χ0n) is 14.5. The predicted octanol–water partition coefficient (Wildman–Crippen LogP) is 2.32. The Labute approximate surface area is 143 Å². The number of nitrogens with one attached hydrogen (secondary N) is 1. The Kier molecular flexibility index (Phi) is 6.14. The molecule has 0 aromatic heterocycles. The number of thioether (sulfide) groups is 1. The van der Waals surface area contributed by atoms with Gasteiger partial charge in [0.2, 0.25) is 11.8 Å². The number of rotatable bonds is 8. The van der Waals surface area contributed by atoms with Gasteiger partial charge in [-0.3, -0.25) is 9.59 Å². The van der Waals surface area contributed by atoms with Gasteiger partial charge in [0.15, 0.2) is 6.23 Å². The maximum absolute atomic E-state index is 12.7. The van der Waals surface area contributed by atoms with E-state index in [4.69, 9.17) is 4.74 Å². The summed E-state index contributed by atoms with van der Waals surface area (Å²) in [4.78, 5) is 25.7. The van der Waals surface area contributed by atoms with E-state index in [2.05, 4.69) is 26.1 Å². The second kappa shape index (κ2) is 7.71. The number of amides is 2. The van der Waals surface area contributed by atoms with Crippen LogP contribution >= 0.6 is 11.8 Å². The molecule has 2 saturated heterocycles. The topological polar surface area (TPSA) is 61.9 Å². The Morgan fingerprint density at radius 1 is 1.52 bits per heavy atom. The van der Waals surface area contributed by atoms with Crippen LogP contribution in [-0.4, -0.2) is 52.6 Å². The summed E-state index contributed by atoms with van der Waals surface area (Å²) in [5, 5.41) is 2.56. The fourth-order valence-electron chi connectivity index (χ4n) is 2.66. The van der Waals surface area contributed by atoms with E-state index in [0.717, 1.165) is 25.7 Å². The zero-order valence-corrected chi connectivity index (χ0v) is 15.3. The van der Waals surface area contributed by atoms with E-state index in [1.54, 1.807) is 18.8 Å². The van der Waals surface area contributed by atoms with Crippen LogP contribution in [0.3, 0.4) is 0 Å². The average molecular weight is 340 g/mol. The van der Waals surface area contributed by atoms with Crippen LogP contribution < -0.4 is 5.32 Å². The number of hydrogen-bond acceptors (Lipinski definition) is 4. The normalized spacial score (nSPS) is 27.2. The van der Waals surface area contributed by atoms with E-state index in [-0.39, 0.29) is 34.1 Å². The van der Waals surface area contributed by atoms with Crippen molar-refractivity contribution in [1.29, 1.82) is 0 Å². The first-order valence-corrected chi connectivity index (χ1v) is 9.28. The minimum atomic E-state index is -0.0945. The van der Waals surface area contributed by atoms with Crippen molar-refractivity contribution >= 4 is 23.6 Å². The molecule has 2 aliphatic heterocycles. The van der Waals surface area contributed by atoms with Crippen molar-refractivity contribution in [2.75, 3.05) is 13.6 Å². The molecule has 0 aromatic carbocycles. The van der Waals surface area contributed by atoms with Gasteiger partial charge in [0, 0.05) is 18.3 Å². The number of allylic oxidation sites excluding steroid dienone is 1. The molecule has 130 valence electrons. The van der Waals surface area contributed by atoms with Crippen molar-refractivity contribution in [2.45, 2.75) is 68.8 Å². The second-order valence-corrected chi connectivity index (χ2v) is 8.62. The highest BCUT2D eigenvalue weighted by atomic mass is 32.2. The van der Waals surface area contributed by atoms with Crippen molar-refractivity contribution in [2.24, 2.45) is 0 Å². The molecule has 0 saturated carbocycles. The lowest BCUT2D eigenvalue weighted by molar-refractivity contribution is -0.133. The highest BCUT2D eigenvalue weighted by Crippen LogP contribution is 2.43. The molecule has 0 aromatic rings. The number of likely N-dealkylation sites (tertiary alicyclic amines) is 1. The Hall–Kier alpha value is -1.01. The Morgan fingerprint density at radius 3 is 2.91 bits per heavy atom. The molecule has 2 heterocycles. The summed E-state index contributed by atoms with van der Waals surface area (Å²) in [5.41, 5.74) is 0. The number of piperidine rings is 1. The molecule has 3 unspecified atom stereocenters. The van der Waals surface area contributed by atoms with Crippen molar-refractivity contribution in [3.05, 3.63) is 12.2 Å². The molecule has 2 fully saturated rings. The molecule has 2 rings (SSSR count). The van der Waals surface area contributed by atoms with Gasteiger partial charge in [0.25, 0.3) is 0 Å². The number of ether oxygens (including phenoxy) is 1. The van der Waals surface area contributed by atoms with E-state index >= 15 is 0 Å². The summed E-state index contributed by atoms with van der Waals surface area (Å²) >= 11 is 1.78. The summed E-state index contributed by atoms with van der Waals surface area (Å²) in [5.74, 6) is 0.119. The van der Waals surface area contributed by atoms with Gasteiger partial charge in [-0.2, -0.15) is 0 Å². The van der Waals surface area contributed by atoms with Crippen LogP contribution in [0.1, 0.15) is 46.5 Å². The Balaban J connectivity index is 1.83. The molecule has 0 aliphatic carbocycles. The molecule has 1 N–H and O–H groups in total. The first-order valence-electron chi connectivity index (χ1n) is 8.40. The van der Waals surface area contributed by atoms with Gasteiger partial charge < -0.3 is 15.0 Å². The van der Waals surface area contributed by atoms with Gasteiger partial charge in [-0.25, -0.2) is 0 Å². The van der Waals surface area contributed by atoms with Crippen LogP contribution in [-0.2, 0) is 14.3 Å². The highest BCUT2D eigenvalue weighted by molar-refractivity contribution is 8.01. The molecule has 23 heavy (non-hydrogen) atoms. The lowest BCUT2D eigenvalue weighted by Gasteiger charge is -2.33. The number of unbranched alkanes of at least 4 members (excludes halogenated alkanes) is 1. The summed E-state index contributed by atoms with van der Waals surface area (Å²) in [6, 6.07) is 0. The lowest BCUT2D eigenvalue weighted by Crippen LogP contribution is -2.46. The predicted molar refractivity (Wildman–Crippen MR) is 93.2 cm³/mol. The van der Waals surface area contributed by atoms with Crippen LogP contribution in [0.15, 0.2) is 12.2 Å². The summed E-state index contributed by atoms with van der Waals surface area (Å²) in [6.45, 7) is 7.24. The number of epoxide rings is 1. The molecule has 2 aliphatic rings. The van der Waals surface area contributed by atoms with Gasteiger partial charge in [0.1, 0.15) is 6.10 Å². The molecule has 2 amide bonds. The van der Waals surface area contributed by atoms with Crippen molar-refractivity contribution in [3.8, 4) is 0 Å². The van der Waals surface area contributed by atoms with Gasteiger partial charge >= 0.3 is 0 Å². The molecule has 0 bridgehead atoms. The van der Waals surface area contributed by atoms with Crippen LogP contribution in [0.5, 0.6) is 0 Å². The third-order valence-corrected chi connectivity index (χ3v) is 6.07. The average Bonchev–Trinajstić information content (AvgIpc) is 3.28. The summed E-state index contributed by atoms with van der Waals surface area (Å²) in [7, 11) is 1.61. The molecule has 6 heteroatoms. The van der Waals surface area contributed by atoms with Crippen LogP contribution in [0.2, 0.25) is 0 Å². The fourth-order valence-corrected chi connectivity index (χ4v) is 4.12. The number of carbonyl (C=O) groups is 2. The van der Waals surface area contributed by atoms with Gasteiger partial charge in [0.05, 0.1) is 5.25 Å². The van der Waals surface area contributed by atoms with Crippen molar-refractivity contribution < 1.29 is 14.3 Å². The third kappa shape index (κ3) is 4.98. The van der Waals surface area contributed by atoms with Crippen molar-refractivity contribution in [1.82, 2.24) is 10.2 Å². The van der Waals surface area contributed by atoms with Crippen molar-refractivity contribution in [3.63, 3.8) is 0 Å². The molecular formula is C17H28N2O3S. The third-order valence-electron chi connectivity index (χ3n) is 4.47. The largest absolute Gasteiger partial charge is 0.356 e. The standard InChI is InChI=1S/C17H28N2O3S/c1-5-17(2,3)23-13-11-12-16(22-12)19(15(13)21)10-8-6-7-9-14(20)18-4/h7,9,12-13,16H,5-6,8,10-11H2,1-4H3,(H,18,20)/b9-7+. The number of carbonyl (C=O) groups excluding carboxylic acids is 2. The SMILES string of the molecule is CCC(C)(C)SC1CC2OC2N(CCC/C=C/C(=O)NC)C1=O. The van der Waals surface area contributed by atoms with E-state index in [1.165, 1.54) is 6.08 Å². The molecule has 5 nitrogen and oxygen atoms in total. The lowest BCUT2D eigenvalue weighted by atomic mass is 10.1. The van der Waals surface area contributed by atoms with Gasteiger partial charge in [-0.05, 0) is 31.8 Å². The monoisotopic (exact) mass is 340 g/mol. The molecular weight excluding hydrogens is 312 g/mol. The molecule has 0 radical (unpaired) electrons. The Bertz CT molecular complexity index is 478. The van der Waals surface area contributed by atoms with Crippen LogP contribution in [0, 0.1) is 0 Å². The van der Waals surface area contributed by atoms with Gasteiger partial charge in [-0.1, -0.05) is 26.8 Å². The highest BCUT2D eigenvalue weighted by Gasteiger charge is 2.53. The summed E-state index contributed by atoms with van der Waals surface area (Å²) < 4.78 is 5.78. The van der Waals surface area contributed by atoms with Crippen LogP contribution in [0.25, 0.3) is 0 Å². The zero-order chi connectivity index (χ0) is 17.0. The van der Waals surface area contributed by atoms with Gasteiger partial charge in [-0.15, -0.1) is 11.8 Å². The first-order chi connectivity index (χ1) is 10.9. The fraction of sp³-hybridized carbons (Fsp3) is 0.765.